The standard InChI is InChI=1S/C26H27N3O4S/c1-4-17-27-26(31)23-7-5-6-8-24(23)28-25(30)21-13-15-22(16-14-21)29(34(3,32)33)18-20-11-9-19(2)10-12-20/h4-16H,1,17-18H2,2-3H3,(H,27,31)(H,28,30). The van der Waals surface area contributed by atoms with Gasteiger partial charge in [-0.25, -0.2) is 8.42 Å². The normalized spacial score (nSPS) is 10.9. The van der Waals surface area contributed by atoms with Crippen molar-refractivity contribution in [3.8, 4) is 0 Å². The molecule has 2 amide bonds. The third kappa shape index (κ3) is 6.32. The van der Waals surface area contributed by atoms with Crippen LogP contribution < -0.4 is 14.9 Å². The highest BCUT2D eigenvalue weighted by Gasteiger charge is 2.19. The van der Waals surface area contributed by atoms with Crippen LogP contribution in [-0.4, -0.2) is 33.0 Å². The number of para-hydroxylation sites is 1. The van der Waals surface area contributed by atoms with E-state index in [0.717, 1.165) is 17.4 Å². The SMILES string of the molecule is C=CCNC(=O)c1ccccc1NC(=O)c1ccc(N(Cc2ccc(C)cc2)S(C)(=O)=O)cc1. The number of sulfonamides is 1. The summed E-state index contributed by atoms with van der Waals surface area (Å²) in [6.07, 6.45) is 2.72. The topological polar surface area (TPSA) is 95.6 Å². The number of aryl methyl sites for hydroxylation is 1. The molecule has 3 aromatic carbocycles. The number of nitrogens with zero attached hydrogens (tertiary/aromatic N) is 1. The molecule has 176 valence electrons. The Hall–Kier alpha value is -3.91. The highest BCUT2D eigenvalue weighted by Crippen LogP contribution is 2.23. The number of rotatable bonds is 9. The zero-order valence-corrected chi connectivity index (χ0v) is 19.9. The summed E-state index contributed by atoms with van der Waals surface area (Å²) in [6, 6.07) is 20.6. The molecule has 0 spiro atoms. The number of hydrogen-bond acceptors (Lipinski definition) is 4. The summed E-state index contributed by atoms with van der Waals surface area (Å²) in [5, 5.41) is 5.44. The molecule has 0 unspecified atom stereocenters. The molecule has 8 heteroatoms. The molecular weight excluding hydrogens is 450 g/mol. The van der Waals surface area contributed by atoms with E-state index in [4.69, 9.17) is 0 Å². The number of nitrogens with one attached hydrogen (secondary N) is 2. The molecule has 0 saturated carbocycles. The van der Waals surface area contributed by atoms with Gasteiger partial charge in [0.25, 0.3) is 11.8 Å². The van der Waals surface area contributed by atoms with Crippen molar-refractivity contribution in [1.82, 2.24) is 5.32 Å². The first kappa shape index (κ1) is 24.7. The third-order valence-electron chi connectivity index (χ3n) is 5.09. The van der Waals surface area contributed by atoms with Crippen LogP contribution in [-0.2, 0) is 16.6 Å². The highest BCUT2D eigenvalue weighted by atomic mass is 32.2. The largest absolute Gasteiger partial charge is 0.349 e. The van der Waals surface area contributed by atoms with Crippen molar-refractivity contribution in [2.24, 2.45) is 0 Å². The van der Waals surface area contributed by atoms with Crippen molar-refractivity contribution >= 4 is 33.2 Å². The van der Waals surface area contributed by atoms with Gasteiger partial charge in [-0.3, -0.25) is 13.9 Å². The maximum atomic E-state index is 12.8. The predicted molar refractivity (Wildman–Crippen MR) is 136 cm³/mol. The van der Waals surface area contributed by atoms with Crippen molar-refractivity contribution in [3.05, 3.63) is 108 Å². The number of carbonyl (C=O) groups is 2. The van der Waals surface area contributed by atoms with Crippen molar-refractivity contribution in [1.29, 1.82) is 0 Å². The molecule has 0 radical (unpaired) electrons. The molecule has 7 nitrogen and oxygen atoms in total. The van der Waals surface area contributed by atoms with Gasteiger partial charge in [0.2, 0.25) is 10.0 Å². The first-order valence-corrected chi connectivity index (χ1v) is 12.5. The maximum absolute atomic E-state index is 12.8. The highest BCUT2D eigenvalue weighted by molar-refractivity contribution is 7.92. The number of benzene rings is 3. The van der Waals surface area contributed by atoms with Crippen molar-refractivity contribution in [3.63, 3.8) is 0 Å². The van der Waals surface area contributed by atoms with Gasteiger partial charge in [0.1, 0.15) is 0 Å². The Morgan fingerprint density at radius 1 is 0.941 bits per heavy atom. The minimum atomic E-state index is -3.55. The van der Waals surface area contributed by atoms with Crippen LogP contribution in [0, 0.1) is 6.92 Å². The van der Waals surface area contributed by atoms with E-state index in [2.05, 4.69) is 17.2 Å². The summed E-state index contributed by atoms with van der Waals surface area (Å²) >= 11 is 0. The van der Waals surface area contributed by atoms with Crippen molar-refractivity contribution in [2.45, 2.75) is 13.5 Å². The molecular formula is C26H27N3O4S. The minimum absolute atomic E-state index is 0.178. The van der Waals surface area contributed by atoms with Gasteiger partial charge in [-0.05, 0) is 48.9 Å². The summed E-state index contributed by atoms with van der Waals surface area (Å²) in [4.78, 5) is 25.2. The van der Waals surface area contributed by atoms with Crippen molar-refractivity contribution < 1.29 is 18.0 Å². The molecule has 0 heterocycles. The van der Waals surface area contributed by atoms with E-state index in [-0.39, 0.29) is 12.5 Å². The minimum Gasteiger partial charge on any atom is -0.349 e. The summed E-state index contributed by atoms with van der Waals surface area (Å²) in [7, 11) is -3.55. The van der Waals surface area contributed by atoms with E-state index in [1.54, 1.807) is 54.6 Å². The van der Waals surface area contributed by atoms with Crippen molar-refractivity contribution in [2.75, 3.05) is 22.4 Å². The predicted octanol–water partition coefficient (Wildman–Crippen LogP) is 4.13. The Kier molecular flexibility index (Phi) is 7.86. The van der Waals surface area contributed by atoms with Gasteiger partial charge in [0, 0.05) is 12.1 Å². The van der Waals surface area contributed by atoms with Crippen LogP contribution in [0.25, 0.3) is 0 Å². The van der Waals surface area contributed by atoms with Crippen LogP contribution in [0.2, 0.25) is 0 Å². The molecule has 0 bridgehead atoms. The van der Waals surface area contributed by atoms with Gasteiger partial charge in [-0.1, -0.05) is 48.0 Å². The quantitative estimate of drug-likeness (QED) is 0.453. The number of amides is 2. The second-order valence-electron chi connectivity index (χ2n) is 7.80. The van der Waals surface area contributed by atoms with E-state index < -0.39 is 15.9 Å². The molecule has 0 fully saturated rings. The van der Waals surface area contributed by atoms with Crippen LogP contribution in [0.3, 0.4) is 0 Å². The molecule has 0 aliphatic heterocycles. The Bertz CT molecular complexity index is 1280. The monoisotopic (exact) mass is 477 g/mol. The fourth-order valence-electron chi connectivity index (χ4n) is 3.28. The molecule has 0 aliphatic carbocycles. The van der Waals surface area contributed by atoms with E-state index in [1.165, 1.54) is 4.31 Å². The van der Waals surface area contributed by atoms with Gasteiger partial charge in [-0.15, -0.1) is 6.58 Å². The van der Waals surface area contributed by atoms with E-state index in [9.17, 15) is 18.0 Å². The fourth-order valence-corrected chi connectivity index (χ4v) is 4.17. The zero-order valence-electron chi connectivity index (χ0n) is 19.1. The van der Waals surface area contributed by atoms with Crippen LogP contribution >= 0.6 is 0 Å². The number of anilines is 2. The summed E-state index contributed by atoms with van der Waals surface area (Å²) in [5.74, 6) is -0.744. The maximum Gasteiger partial charge on any atom is 0.255 e. The molecule has 0 aliphatic rings. The fraction of sp³-hybridized carbons (Fsp3) is 0.154. The average molecular weight is 478 g/mol. The lowest BCUT2D eigenvalue weighted by atomic mass is 10.1. The van der Waals surface area contributed by atoms with E-state index >= 15 is 0 Å². The van der Waals surface area contributed by atoms with Gasteiger partial charge >= 0.3 is 0 Å². The Morgan fingerprint density at radius 3 is 2.21 bits per heavy atom. The lowest BCUT2D eigenvalue weighted by Gasteiger charge is -2.23. The summed E-state index contributed by atoms with van der Waals surface area (Å²) in [6.45, 7) is 6.02. The van der Waals surface area contributed by atoms with E-state index in [0.29, 0.717) is 29.0 Å². The third-order valence-corrected chi connectivity index (χ3v) is 6.23. The zero-order chi connectivity index (χ0) is 24.7. The van der Waals surface area contributed by atoms with Gasteiger partial charge < -0.3 is 10.6 Å². The molecule has 2 N–H and O–H groups in total. The molecule has 0 atom stereocenters. The van der Waals surface area contributed by atoms with Crippen LogP contribution in [0.1, 0.15) is 31.8 Å². The lowest BCUT2D eigenvalue weighted by Crippen LogP contribution is -2.29. The van der Waals surface area contributed by atoms with Crippen LogP contribution in [0.15, 0.2) is 85.5 Å². The van der Waals surface area contributed by atoms with Gasteiger partial charge in [-0.2, -0.15) is 0 Å². The number of hydrogen-bond donors (Lipinski definition) is 2. The van der Waals surface area contributed by atoms with E-state index in [1.807, 2.05) is 31.2 Å². The number of carbonyl (C=O) groups excluding carboxylic acids is 2. The van der Waals surface area contributed by atoms with Gasteiger partial charge in [0.15, 0.2) is 0 Å². The molecule has 0 saturated heterocycles. The Labute approximate surface area is 200 Å². The Morgan fingerprint density at radius 2 is 1.59 bits per heavy atom. The summed E-state index contributed by atoms with van der Waals surface area (Å²) in [5.41, 5.74) is 3.41. The lowest BCUT2D eigenvalue weighted by molar-refractivity contribution is 0.0959. The smallest absolute Gasteiger partial charge is 0.255 e. The first-order valence-electron chi connectivity index (χ1n) is 10.6. The summed E-state index contributed by atoms with van der Waals surface area (Å²) < 4.78 is 26.2. The molecule has 3 aromatic rings. The van der Waals surface area contributed by atoms with Gasteiger partial charge in [0.05, 0.1) is 29.7 Å². The molecule has 3 rings (SSSR count). The first-order chi connectivity index (χ1) is 16.2. The van der Waals surface area contributed by atoms with Crippen LogP contribution in [0.5, 0.6) is 0 Å². The second-order valence-corrected chi connectivity index (χ2v) is 9.71. The second kappa shape index (κ2) is 10.8. The molecule has 34 heavy (non-hydrogen) atoms. The average Bonchev–Trinajstić information content (AvgIpc) is 2.82. The van der Waals surface area contributed by atoms with Crippen LogP contribution in [0.4, 0.5) is 11.4 Å². The Balaban J connectivity index is 1.79. The molecule has 0 aromatic heterocycles.